The van der Waals surface area contributed by atoms with Gasteiger partial charge in [0.2, 0.25) is 0 Å². The summed E-state index contributed by atoms with van der Waals surface area (Å²) in [6, 6.07) is 2.01. The Morgan fingerprint density at radius 3 is 3.11 bits per heavy atom. The summed E-state index contributed by atoms with van der Waals surface area (Å²) in [5.74, 6) is 1.05. The molecule has 100 valence electrons. The Labute approximate surface area is 107 Å². The highest BCUT2D eigenvalue weighted by atomic mass is 16.5. The van der Waals surface area contributed by atoms with E-state index in [1.165, 1.54) is 7.11 Å². The zero-order valence-corrected chi connectivity index (χ0v) is 10.9. The number of methoxy groups -OCH3 is 1. The van der Waals surface area contributed by atoms with Crippen LogP contribution in [-0.2, 0) is 11.3 Å². The molecule has 1 saturated heterocycles. The number of likely N-dealkylation sites (tertiary alicyclic amines) is 1. The van der Waals surface area contributed by atoms with Gasteiger partial charge in [-0.2, -0.15) is 0 Å². The molecule has 0 spiro atoms. The van der Waals surface area contributed by atoms with E-state index >= 15 is 0 Å². The van der Waals surface area contributed by atoms with Crippen LogP contribution in [0.4, 0.5) is 0 Å². The largest absolute Gasteiger partial charge is 0.465 e. The lowest BCUT2D eigenvalue weighted by molar-refractivity contribution is 0.0599. The number of hydrogen-bond acceptors (Lipinski definition) is 5. The number of rotatable bonds is 3. The molecule has 0 radical (unpaired) electrons. The molecule has 1 unspecified atom stereocenters. The summed E-state index contributed by atoms with van der Waals surface area (Å²) < 4.78 is 10.3. The Bertz CT molecular complexity index is 428. The van der Waals surface area contributed by atoms with E-state index in [0.717, 1.165) is 31.7 Å². The van der Waals surface area contributed by atoms with Crippen molar-refractivity contribution in [1.82, 2.24) is 4.90 Å². The standard InChI is InChI=1S/C13H20N2O3/c1-9-12(13(16)17-2)6-11(18-9)8-15-5-3-4-10(14)7-15/h6,10H,3-5,7-8,14H2,1-2H3. The van der Waals surface area contributed by atoms with Crippen LogP contribution in [0.25, 0.3) is 0 Å². The minimum atomic E-state index is -0.349. The Morgan fingerprint density at radius 1 is 1.67 bits per heavy atom. The number of hydrogen-bond donors (Lipinski definition) is 1. The van der Waals surface area contributed by atoms with E-state index in [1.807, 2.05) is 0 Å². The fourth-order valence-corrected chi connectivity index (χ4v) is 2.39. The SMILES string of the molecule is COC(=O)c1cc(CN2CCCC(N)C2)oc1C. The molecule has 5 nitrogen and oxygen atoms in total. The lowest BCUT2D eigenvalue weighted by Gasteiger charge is -2.29. The van der Waals surface area contributed by atoms with Gasteiger partial charge in [0.1, 0.15) is 17.1 Å². The van der Waals surface area contributed by atoms with Gasteiger partial charge >= 0.3 is 5.97 Å². The maximum absolute atomic E-state index is 11.5. The van der Waals surface area contributed by atoms with E-state index in [9.17, 15) is 4.79 Å². The van der Waals surface area contributed by atoms with Gasteiger partial charge in [0.05, 0.1) is 13.7 Å². The number of aryl methyl sites for hydroxylation is 1. The molecule has 1 aromatic heterocycles. The zero-order valence-electron chi connectivity index (χ0n) is 10.9. The van der Waals surface area contributed by atoms with Crippen LogP contribution in [0.2, 0.25) is 0 Å². The molecule has 1 aromatic rings. The quantitative estimate of drug-likeness (QED) is 0.821. The maximum Gasteiger partial charge on any atom is 0.341 e. The average molecular weight is 252 g/mol. The van der Waals surface area contributed by atoms with Gasteiger partial charge in [0.15, 0.2) is 0 Å². The highest BCUT2D eigenvalue weighted by Crippen LogP contribution is 2.19. The van der Waals surface area contributed by atoms with Crippen LogP contribution in [0.1, 0.15) is 34.7 Å². The molecule has 0 aromatic carbocycles. The normalized spacial score (nSPS) is 20.9. The summed E-state index contributed by atoms with van der Waals surface area (Å²) in [5, 5.41) is 0. The van der Waals surface area contributed by atoms with Crippen LogP contribution in [0.15, 0.2) is 10.5 Å². The summed E-state index contributed by atoms with van der Waals surface area (Å²) >= 11 is 0. The topological polar surface area (TPSA) is 68.7 Å². The molecule has 0 bridgehead atoms. The van der Waals surface area contributed by atoms with E-state index in [2.05, 4.69) is 4.90 Å². The molecule has 2 rings (SSSR count). The summed E-state index contributed by atoms with van der Waals surface area (Å²) in [7, 11) is 1.37. The van der Waals surface area contributed by atoms with Crippen LogP contribution in [0.5, 0.6) is 0 Å². The second-order valence-corrected chi connectivity index (χ2v) is 4.81. The molecule has 2 N–H and O–H groups in total. The van der Waals surface area contributed by atoms with E-state index in [0.29, 0.717) is 17.9 Å². The van der Waals surface area contributed by atoms with Gasteiger partial charge in [0.25, 0.3) is 0 Å². The predicted octanol–water partition coefficient (Wildman–Crippen LogP) is 1.30. The van der Waals surface area contributed by atoms with Crippen molar-refractivity contribution in [2.45, 2.75) is 32.4 Å². The van der Waals surface area contributed by atoms with Crippen molar-refractivity contribution >= 4 is 5.97 Å². The third-order valence-electron chi connectivity index (χ3n) is 3.30. The Balaban J connectivity index is 2.03. The second-order valence-electron chi connectivity index (χ2n) is 4.81. The number of carbonyl (C=O) groups excluding carboxylic acids is 1. The summed E-state index contributed by atoms with van der Waals surface area (Å²) in [6.45, 7) is 4.39. The second kappa shape index (κ2) is 5.54. The van der Waals surface area contributed by atoms with Crippen LogP contribution in [-0.4, -0.2) is 37.1 Å². The molecule has 0 amide bonds. The molecule has 1 aliphatic rings. The lowest BCUT2D eigenvalue weighted by atomic mass is 10.1. The molecular formula is C13H20N2O3. The maximum atomic E-state index is 11.5. The van der Waals surface area contributed by atoms with Gasteiger partial charge in [-0.1, -0.05) is 0 Å². The molecule has 2 heterocycles. The zero-order chi connectivity index (χ0) is 13.1. The molecular weight excluding hydrogens is 232 g/mol. The number of esters is 1. The van der Waals surface area contributed by atoms with Gasteiger partial charge in [-0.25, -0.2) is 4.79 Å². The first-order valence-corrected chi connectivity index (χ1v) is 6.25. The predicted molar refractivity (Wildman–Crippen MR) is 67.3 cm³/mol. The first-order valence-electron chi connectivity index (χ1n) is 6.25. The van der Waals surface area contributed by atoms with E-state index in [-0.39, 0.29) is 12.0 Å². The average Bonchev–Trinajstić information content (AvgIpc) is 2.69. The van der Waals surface area contributed by atoms with Crippen LogP contribution in [0, 0.1) is 6.92 Å². The van der Waals surface area contributed by atoms with Crippen LogP contribution < -0.4 is 5.73 Å². The monoisotopic (exact) mass is 252 g/mol. The minimum Gasteiger partial charge on any atom is -0.465 e. The fraction of sp³-hybridized carbons (Fsp3) is 0.615. The van der Waals surface area contributed by atoms with Crippen molar-refractivity contribution in [3.63, 3.8) is 0 Å². The number of piperidine rings is 1. The number of furan rings is 1. The van der Waals surface area contributed by atoms with Crippen molar-refractivity contribution in [2.75, 3.05) is 20.2 Å². The van der Waals surface area contributed by atoms with E-state index in [1.54, 1.807) is 13.0 Å². The number of carbonyl (C=O) groups is 1. The molecule has 0 aliphatic carbocycles. The van der Waals surface area contributed by atoms with E-state index in [4.69, 9.17) is 14.9 Å². The molecule has 1 atom stereocenters. The van der Waals surface area contributed by atoms with Gasteiger partial charge in [-0.3, -0.25) is 4.90 Å². The van der Waals surface area contributed by atoms with Crippen LogP contribution in [0.3, 0.4) is 0 Å². The first-order chi connectivity index (χ1) is 8.60. The Kier molecular flexibility index (Phi) is 4.04. The molecule has 5 heteroatoms. The number of ether oxygens (including phenoxy) is 1. The Hall–Kier alpha value is -1.33. The van der Waals surface area contributed by atoms with Gasteiger partial charge in [0, 0.05) is 12.6 Å². The minimum absolute atomic E-state index is 0.245. The van der Waals surface area contributed by atoms with Gasteiger partial charge in [-0.05, 0) is 32.4 Å². The summed E-state index contributed by atoms with van der Waals surface area (Å²) in [6.07, 6.45) is 2.20. The fourth-order valence-electron chi connectivity index (χ4n) is 2.39. The Morgan fingerprint density at radius 2 is 2.44 bits per heavy atom. The number of nitrogens with zero attached hydrogens (tertiary/aromatic N) is 1. The summed E-state index contributed by atoms with van der Waals surface area (Å²) in [4.78, 5) is 13.7. The van der Waals surface area contributed by atoms with Crippen molar-refractivity contribution in [3.8, 4) is 0 Å². The van der Waals surface area contributed by atoms with Crippen molar-refractivity contribution in [3.05, 3.63) is 23.2 Å². The number of nitrogens with two attached hydrogens (primary N) is 1. The van der Waals surface area contributed by atoms with Crippen LogP contribution >= 0.6 is 0 Å². The molecule has 0 saturated carbocycles. The highest BCUT2D eigenvalue weighted by molar-refractivity contribution is 5.90. The third kappa shape index (κ3) is 2.91. The van der Waals surface area contributed by atoms with Crippen molar-refractivity contribution in [2.24, 2.45) is 5.73 Å². The van der Waals surface area contributed by atoms with Crippen molar-refractivity contribution < 1.29 is 13.9 Å². The summed E-state index contributed by atoms with van der Waals surface area (Å²) in [5.41, 5.74) is 6.45. The van der Waals surface area contributed by atoms with Crippen molar-refractivity contribution in [1.29, 1.82) is 0 Å². The van der Waals surface area contributed by atoms with E-state index < -0.39 is 0 Å². The smallest absolute Gasteiger partial charge is 0.341 e. The van der Waals surface area contributed by atoms with Gasteiger partial charge < -0.3 is 14.9 Å². The van der Waals surface area contributed by atoms with Gasteiger partial charge in [-0.15, -0.1) is 0 Å². The highest BCUT2D eigenvalue weighted by Gasteiger charge is 2.20. The lowest BCUT2D eigenvalue weighted by Crippen LogP contribution is -2.42. The molecule has 1 fully saturated rings. The third-order valence-corrected chi connectivity index (χ3v) is 3.30. The molecule has 1 aliphatic heterocycles. The molecule has 18 heavy (non-hydrogen) atoms. The first kappa shape index (κ1) is 13.1.